The Morgan fingerprint density at radius 1 is 0.548 bits per heavy atom. The maximum atomic E-state index is 13.1. The van der Waals surface area contributed by atoms with Crippen LogP contribution in [0.5, 0.6) is 0 Å². The molecule has 3 heterocycles. The van der Waals surface area contributed by atoms with Crippen molar-refractivity contribution in [3.05, 3.63) is 179 Å². The molecule has 0 spiro atoms. The van der Waals surface area contributed by atoms with Gasteiger partial charge in [0.05, 0.1) is 39.6 Å². The van der Waals surface area contributed by atoms with Crippen LogP contribution in [0.1, 0.15) is 41.0 Å². The lowest BCUT2D eigenvalue weighted by atomic mass is 9.95. The Labute approximate surface area is 362 Å². The topological polar surface area (TPSA) is 119 Å². The molecule has 5 aromatic carbocycles. The normalized spacial score (nSPS) is 28.5. The minimum Gasteiger partial charge on any atom is -0.454 e. The fourth-order valence-corrected chi connectivity index (χ4v) is 8.00. The number of hydrogen-bond acceptors (Lipinski definition) is 12. The standard InChI is InChI=1S/C50H54O12/c1-34(51)58-47-44(55-30-37-22-12-5-13-23-37)42(54-29-36-20-10-4-11-21-36)40(32-53-28-35-18-8-3-9-19-35)60-50(47)62-46-45(56-31-38-24-14-6-15-25-38)43-41(59-49(46)52-2)33-57-48(61-43)39-26-16-7-17-27-39/h3-27,40-50H,28-33H2,1-2H3/t40-,41-,42-,43-,44+,45+,46+,47-,48-,49+,50+/m1/s1. The number of ether oxygens (including phenoxy) is 11. The van der Waals surface area contributed by atoms with Crippen molar-refractivity contribution in [2.45, 2.75) is 101 Å². The van der Waals surface area contributed by atoms with E-state index in [0.29, 0.717) is 6.61 Å². The average Bonchev–Trinajstić information content (AvgIpc) is 3.32. The minimum atomic E-state index is -1.24. The fourth-order valence-electron chi connectivity index (χ4n) is 8.00. The molecule has 12 heteroatoms. The van der Waals surface area contributed by atoms with Crippen molar-refractivity contribution >= 4 is 5.97 Å². The molecular weight excluding hydrogens is 793 g/mol. The van der Waals surface area contributed by atoms with Gasteiger partial charge in [-0.05, 0) is 22.3 Å². The summed E-state index contributed by atoms with van der Waals surface area (Å²) in [5.41, 5.74) is 4.66. The maximum absolute atomic E-state index is 13.1. The smallest absolute Gasteiger partial charge is 0.303 e. The van der Waals surface area contributed by atoms with Gasteiger partial charge in [0.25, 0.3) is 0 Å². The van der Waals surface area contributed by atoms with Crippen LogP contribution in [0.15, 0.2) is 152 Å². The van der Waals surface area contributed by atoms with Crippen molar-refractivity contribution in [2.75, 3.05) is 20.3 Å². The van der Waals surface area contributed by atoms with E-state index in [1.54, 1.807) is 0 Å². The number of esters is 1. The molecule has 11 atom stereocenters. The molecule has 5 aromatic rings. The highest BCUT2D eigenvalue weighted by atomic mass is 16.8. The number of methoxy groups -OCH3 is 1. The highest BCUT2D eigenvalue weighted by Gasteiger charge is 2.56. The van der Waals surface area contributed by atoms with Crippen molar-refractivity contribution in [2.24, 2.45) is 0 Å². The molecule has 62 heavy (non-hydrogen) atoms. The molecule has 0 amide bonds. The van der Waals surface area contributed by atoms with Gasteiger partial charge in [-0.3, -0.25) is 4.79 Å². The molecular formula is C50H54O12. The van der Waals surface area contributed by atoms with Crippen LogP contribution in [-0.4, -0.2) is 87.7 Å². The molecule has 0 bridgehead atoms. The summed E-state index contributed by atoms with van der Waals surface area (Å²) >= 11 is 0. The summed E-state index contributed by atoms with van der Waals surface area (Å²) < 4.78 is 72.2. The molecule has 8 rings (SSSR count). The Morgan fingerprint density at radius 3 is 1.58 bits per heavy atom. The van der Waals surface area contributed by atoms with Crippen LogP contribution in [0.3, 0.4) is 0 Å². The number of benzene rings is 5. The van der Waals surface area contributed by atoms with Crippen LogP contribution in [0.2, 0.25) is 0 Å². The lowest BCUT2D eigenvalue weighted by Gasteiger charge is -2.51. The van der Waals surface area contributed by atoms with Crippen LogP contribution in [0, 0.1) is 0 Å². The Bertz CT molecular complexity index is 2060. The van der Waals surface area contributed by atoms with E-state index in [-0.39, 0.29) is 33.0 Å². The third-order valence-electron chi connectivity index (χ3n) is 11.0. The van der Waals surface area contributed by atoms with Gasteiger partial charge in [-0.2, -0.15) is 0 Å². The van der Waals surface area contributed by atoms with E-state index in [4.69, 9.17) is 52.1 Å². The molecule has 0 saturated carbocycles. The van der Waals surface area contributed by atoms with E-state index in [1.807, 2.05) is 152 Å². The molecule has 3 aliphatic heterocycles. The van der Waals surface area contributed by atoms with Gasteiger partial charge in [-0.1, -0.05) is 152 Å². The first-order valence-corrected chi connectivity index (χ1v) is 21.1. The molecule has 12 nitrogen and oxygen atoms in total. The van der Waals surface area contributed by atoms with Gasteiger partial charge in [-0.25, -0.2) is 0 Å². The summed E-state index contributed by atoms with van der Waals surface area (Å²) in [4.78, 5) is 13.1. The van der Waals surface area contributed by atoms with Crippen LogP contribution < -0.4 is 0 Å². The number of carbonyl (C=O) groups excluding carboxylic acids is 1. The monoisotopic (exact) mass is 846 g/mol. The van der Waals surface area contributed by atoms with Gasteiger partial charge >= 0.3 is 5.97 Å². The Balaban J connectivity index is 1.14. The predicted molar refractivity (Wildman–Crippen MR) is 226 cm³/mol. The van der Waals surface area contributed by atoms with Crippen LogP contribution in [0.25, 0.3) is 0 Å². The molecule has 0 unspecified atom stereocenters. The molecule has 0 N–H and O–H groups in total. The van der Waals surface area contributed by atoms with Gasteiger partial charge in [0, 0.05) is 19.6 Å². The second-order valence-corrected chi connectivity index (χ2v) is 15.5. The van der Waals surface area contributed by atoms with Gasteiger partial charge in [0.2, 0.25) is 0 Å². The largest absolute Gasteiger partial charge is 0.454 e. The van der Waals surface area contributed by atoms with Crippen molar-refractivity contribution < 1.29 is 56.9 Å². The number of rotatable bonds is 18. The summed E-state index contributed by atoms with van der Waals surface area (Å²) in [5.74, 6) is -0.556. The van der Waals surface area contributed by atoms with E-state index in [1.165, 1.54) is 14.0 Å². The zero-order valence-electron chi connectivity index (χ0n) is 34.9. The Hall–Kier alpha value is -4.83. The van der Waals surface area contributed by atoms with Crippen LogP contribution >= 0.6 is 0 Å². The zero-order chi connectivity index (χ0) is 42.5. The summed E-state index contributed by atoms with van der Waals surface area (Å²) in [6.07, 6.45) is -9.42. The average molecular weight is 847 g/mol. The van der Waals surface area contributed by atoms with Crippen LogP contribution in [-0.2, 0) is 83.3 Å². The number of carbonyl (C=O) groups is 1. The molecule has 3 saturated heterocycles. The first-order chi connectivity index (χ1) is 30.5. The van der Waals surface area contributed by atoms with Gasteiger partial charge in [0.1, 0.15) is 42.7 Å². The van der Waals surface area contributed by atoms with E-state index < -0.39 is 73.7 Å². The first kappa shape index (κ1) is 43.8. The lowest BCUT2D eigenvalue weighted by Crippen LogP contribution is -2.67. The molecule has 0 radical (unpaired) electrons. The van der Waals surface area contributed by atoms with E-state index in [2.05, 4.69) is 0 Å². The van der Waals surface area contributed by atoms with Crippen LogP contribution in [0.4, 0.5) is 0 Å². The summed E-state index contributed by atoms with van der Waals surface area (Å²) in [6, 6.07) is 49.0. The van der Waals surface area contributed by atoms with E-state index >= 15 is 0 Å². The highest BCUT2D eigenvalue weighted by Crippen LogP contribution is 2.39. The molecule has 0 aliphatic carbocycles. The quantitative estimate of drug-likeness (QED) is 0.0814. The molecule has 3 aliphatic rings. The second kappa shape index (κ2) is 22.0. The summed E-state index contributed by atoms with van der Waals surface area (Å²) in [7, 11) is 1.54. The fraction of sp³-hybridized carbons (Fsp3) is 0.380. The second-order valence-electron chi connectivity index (χ2n) is 15.5. The Morgan fingerprint density at radius 2 is 1.05 bits per heavy atom. The van der Waals surface area contributed by atoms with Gasteiger partial charge in [0.15, 0.2) is 25.0 Å². The van der Waals surface area contributed by atoms with Crippen molar-refractivity contribution in [1.82, 2.24) is 0 Å². The van der Waals surface area contributed by atoms with E-state index in [0.717, 1.165) is 27.8 Å². The summed E-state index contributed by atoms with van der Waals surface area (Å²) in [5, 5.41) is 0. The van der Waals surface area contributed by atoms with Gasteiger partial charge < -0.3 is 52.1 Å². The van der Waals surface area contributed by atoms with E-state index in [9.17, 15) is 4.79 Å². The SMILES string of the molecule is CO[C@H]1O[C@@H]2CO[C@@H](c3ccccc3)O[C@H]2[C@H](OCc2ccccc2)[C@@H]1O[C@@H]1O[C@H](COCc2ccccc2)[C@@H](OCc2ccccc2)[C@H](OCc2ccccc2)[C@H]1OC(C)=O. The lowest BCUT2D eigenvalue weighted by molar-refractivity contribution is -0.397. The minimum absolute atomic E-state index is 0.0961. The molecule has 0 aromatic heterocycles. The van der Waals surface area contributed by atoms with Crippen molar-refractivity contribution in [3.63, 3.8) is 0 Å². The highest BCUT2D eigenvalue weighted by molar-refractivity contribution is 5.66. The Kier molecular flexibility index (Phi) is 15.5. The molecule has 326 valence electrons. The van der Waals surface area contributed by atoms with Crippen molar-refractivity contribution in [3.8, 4) is 0 Å². The zero-order valence-corrected chi connectivity index (χ0v) is 34.9. The maximum Gasteiger partial charge on any atom is 0.303 e. The first-order valence-electron chi connectivity index (χ1n) is 21.1. The third-order valence-corrected chi connectivity index (χ3v) is 11.0. The number of fused-ring (bicyclic) bond motifs is 1. The molecule has 3 fully saturated rings. The number of hydrogen-bond donors (Lipinski definition) is 0. The van der Waals surface area contributed by atoms with Crippen molar-refractivity contribution in [1.29, 1.82) is 0 Å². The van der Waals surface area contributed by atoms with Gasteiger partial charge in [-0.15, -0.1) is 0 Å². The predicted octanol–water partition coefficient (Wildman–Crippen LogP) is 7.49. The third kappa shape index (κ3) is 11.4. The summed E-state index contributed by atoms with van der Waals surface area (Å²) in [6.45, 7) is 2.64.